The fraction of sp³-hybridized carbons (Fsp3) is 0.308. The van der Waals surface area contributed by atoms with E-state index in [-0.39, 0.29) is 23.8 Å². The highest BCUT2D eigenvalue weighted by Crippen LogP contribution is 2.47. The van der Waals surface area contributed by atoms with Gasteiger partial charge < -0.3 is 19.9 Å². The van der Waals surface area contributed by atoms with Crippen molar-refractivity contribution in [3.05, 3.63) is 76.8 Å². The first-order chi connectivity index (χ1) is 16.0. The number of benzene rings is 2. The molecule has 0 saturated heterocycles. The highest BCUT2D eigenvalue weighted by molar-refractivity contribution is 6.05. The zero-order chi connectivity index (χ0) is 23.5. The predicted molar refractivity (Wildman–Crippen MR) is 125 cm³/mol. The lowest BCUT2D eigenvalue weighted by molar-refractivity contribution is -0.138. The third kappa shape index (κ3) is 3.95. The number of nitrogens with two attached hydrogens (primary N) is 1. The molecule has 172 valence electrons. The lowest BCUT2D eigenvalue weighted by Gasteiger charge is -2.40. The third-order valence-electron chi connectivity index (χ3n) is 6.04. The van der Waals surface area contributed by atoms with Gasteiger partial charge in [0.15, 0.2) is 17.3 Å². The van der Waals surface area contributed by atoms with Crippen molar-refractivity contribution in [3.8, 4) is 11.5 Å². The summed E-state index contributed by atoms with van der Waals surface area (Å²) in [5.74, 6) is 0.140. The Labute approximate surface area is 193 Å². The maximum Gasteiger partial charge on any atom is 0.338 e. The van der Waals surface area contributed by atoms with E-state index in [2.05, 4.69) is 0 Å². The maximum atomic E-state index is 13.3. The number of anilines is 1. The molecule has 0 aromatic heterocycles. The first-order valence-electron chi connectivity index (χ1n) is 11.0. The van der Waals surface area contributed by atoms with Crippen LogP contribution in [0.25, 0.3) is 0 Å². The smallest absolute Gasteiger partial charge is 0.338 e. The Bertz CT molecular complexity index is 1140. The van der Waals surface area contributed by atoms with Gasteiger partial charge in [0.05, 0.1) is 32.3 Å². The average molecular weight is 449 g/mol. The number of para-hydroxylation sites is 1. The van der Waals surface area contributed by atoms with Gasteiger partial charge in [0.1, 0.15) is 5.82 Å². The molecule has 1 aliphatic carbocycles. The van der Waals surface area contributed by atoms with Gasteiger partial charge >= 0.3 is 5.97 Å². The summed E-state index contributed by atoms with van der Waals surface area (Å²) >= 11 is 0. The minimum Gasteiger partial charge on any atom is -0.493 e. The SMILES string of the molecule is CCOC(=O)C1=C(N)N(c2ccccc2)C2=C(C(=O)CCC2)C1c1ccc(OC)c(OC)c1. The second kappa shape index (κ2) is 9.40. The number of ether oxygens (including phenoxy) is 3. The Morgan fingerprint density at radius 3 is 2.45 bits per heavy atom. The summed E-state index contributed by atoms with van der Waals surface area (Å²) in [7, 11) is 3.11. The summed E-state index contributed by atoms with van der Waals surface area (Å²) in [5, 5.41) is 0. The van der Waals surface area contributed by atoms with Crippen molar-refractivity contribution >= 4 is 17.4 Å². The molecule has 2 aromatic carbocycles. The summed E-state index contributed by atoms with van der Waals surface area (Å²) in [5.41, 5.74) is 9.86. The summed E-state index contributed by atoms with van der Waals surface area (Å²) in [4.78, 5) is 28.4. The Morgan fingerprint density at radius 2 is 1.79 bits per heavy atom. The molecule has 33 heavy (non-hydrogen) atoms. The number of Topliss-reactive ketones (excluding diaryl/α,β-unsaturated/α-hetero) is 1. The predicted octanol–water partition coefficient (Wildman–Crippen LogP) is 4.05. The largest absolute Gasteiger partial charge is 0.493 e. The van der Waals surface area contributed by atoms with Crippen LogP contribution in [0.4, 0.5) is 5.69 Å². The second-order valence-corrected chi connectivity index (χ2v) is 7.87. The van der Waals surface area contributed by atoms with E-state index < -0.39 is 11.9 Å². The van der Waals surface area contributed by atoms with E-state index in [4.69, 9.17) is 19.9 Å². The van der Waals surface area contributed by atoms with Gasteiger partial charge in [0, 0.05) is 23.4 Å². The van der Waals surface area contributed by atoms with E-state index in [0.717, 1.165) is 17.8 Å². The van der Waals surface area contributed by atoms with Crippen LogP contribution in [0.2, 0.25) is 0 Å². The van der Waals surface area contributed by atoms with Gasteiger partial charge in [-0.25, -0.2) is 4.79 Å². The van der Waals surface area contributed by atoms with E-state index in [1.165, 1.54) is 0 Å². The number of hydrogen-bond acceptors (Lipinski definition) is 7. The molecule has 7 nitrogen and oxygen atoms in total. The van der Waals surface area contributed by atoms with E-state index in [0.29, 0.717) is 35.5 Å². The number of carbonyl (C=O) groups is 2. The fourth-order valence-corrected chi connectivity index (χ4v) is 4.63. The van der Waals surface area contributed by atoms with Crippen molar-refractivity contribution in [2.45, 2.75) is 32.1 Å². The van der Waals surface area contributed by atoms with Crippen LogP contribution >= 0.6 is 0 Å². The molecule has 2 aromatic rings. The number of hydrogen-bond donors (Lipinski definition) is 1. The number of nitrogens with zero attached hydrogens (tertiary/aromatic N) is 1. The van der Waals surface area contributed by atoms with Crippen LogP contribution in [0.1, 0.15) is 37.7 Å². The van der Waals surface area contributed by atoms with Crippen LogP contribution in [-0.2, 0) is 14.3 Å². The average Bonchev–Trinajstić information content (AvgIpc) is 2.83. The number of ketones is 1. The van der Waals surface area contributed by atoms with Crippen LogP contribution in [0.3, 0.4) is 0 Å². The van der Waals surface area contributed by atoms with E-state index >= 15 is 0 Å². The molecule has 0 amide bonds. The number of esters is 1. The highest BCUT2D eigenvalue weighted by atomic mass is 16.5. The Balaban J connectivity index is 1.99. The molecular weight excluding hydrogens is 420 g/mol. The van der Waals surface area contributed by atoms with Crippen molar-refractivity contribution in [2.75, 3.05) is 25.7 Å². The Hall–Kier alpha value is -3.74. The zero-order valence-electron chi connectivity index (χ0n) is 19.1. The maximum absolute atomic E-state index is 13.3. The lowest BCUT2D eigenvalue weighted by atomic mass is 9.75. The molecule has 2 N–H and O–H groups in total. The molecule has 0 radical (unpaired) electrons. The normalized spacial score (nSPS) is 18.2. The van der Waals surface area contributed by atoms with Crippen molar-refractivity contribution in [3.63, 3.8) is 0 Å². The van der Waals surface area contributed by atoms with Gasteiger partial charge in [0.2, 0.25) is 0 Å². The minimum atomic E-state index is -0.661. The topological polar surface area (TPSA) is 91.1 Å². The molecule has 1 unspecified atom stereocenters. The quantitative estimate of drug-likeness (QED) is 0.667. The monoisotopic (exact) mass is 448 g/mol. The van der Waals surface area contributed by atoms with Crippen molar-refractivity contribution < 1.29 is 23.8 Å². The van der Waals surface area contributed by atoms with Crippen LogP contribution < -0.4 is 20.1 Å². The number of methoxy groups -OCH3 is 2. The van der Waals surface area contributed by atoms with Gasteiger partial charge in [-0.15, -0.1) is 0 Å². The molecule has 1 aliphatic heterocycles. The van der Waals surface area contributed by atoms with Crippen LogP contribution in [0.5, 0.6) is 11.5 Å². The second-order valence-electron chi connectivity index (χ2n) is 7.87. The molecule has 0 bridgehead atoms. The van der Waals surface area contributed by atoms with Gasteiger partial charge in [-0.1, -0.05) is 24.3 Å². The summed E-state index contributed by atoms with van der Waals surface area (Å²) in [6.45, 7) is 1.94. The van der Waals surface area contributed by atoms with Gasteiger partial charge in [-0.05, 0) is 49.6 Å². The van der Waals surface area contributed by atoms with Crippen molar-refractivity contribution in [1.29, 1.82) is 0 Å². The number of carbonyl (C=O) groups excluding carboxylic acids is 2. The van der Waals surface area contributed by atoms with Crippen LogP contribution in [0, 0.1) is 0 Å². The van der Waals surface area contributed by atoms with Gasteiger partial charge in [-0.3, -0.25) is 9.69 Å². The van der Waals surface area contributed by atoms with Gasteiger partial charge in [0.25, 0.3) is 0 Å². The molecule has 0 saturated carbocycles. The minimum absolute atomic E-state index is 0.00580. The van der Waals surface area contributed by atoms with Crippen LogP contribution in [0.15, 0.2) is 71.2 Å². The summed E-state index contributed by atoms with van der Waals surface area (Å²) in [6.07, 6.45) is 1.82. The fourth-order valence-electron chi connectivity index (χ4n) is 4.63. The summed E-state index contributed by atoms with van der Waals surface area (Å²) < 4.78 is 16.3. The molecule has 2 aliphatic rings. The molecular formula is C26H28N2O5. The number of allylic oxidation sites excluding steroid dienone is 2. The van der Waals surface area contributed by atoms with Crippen molar-refractivity contribution in [2.24, 2.45) is 5.73 Å². The molecule has 0 fully saturated rings. The highest BCUT2D eigenvalue weighted by Gasteiger charge is 2.43. The first-order valence-corrected chi connectivity index (χ1v) is 11.0. The molecule has 0 spiro atoms. The van der Waals surface area contributed by atoms with E-state index in [1.54, 1.807) is 33.3 Å². The van der Waals surface area contributed by atoms with Crippen LogP contribution in [-0.4, -0.2) is 32.6 Å². The molecule has 4 rings (SSSR count). The first kappa shape index (κ1) is 22.5. The molecule has 7 heteroatoms. The Morgan fingerprint density at radius 1 is 1.06 bits per heavy atom. The van der Waals surface area contributed by atoms with E-state index in [1.807, 2.05) is 41.3 Å². The van der Waals surface area contributed by atoms with Crippen molar-refractivity contribution in [1.82, 2.24) is 0 Å². The third-order valence-corrected chi connectivity index (χ3v) is 6.04. The Kier molecular flexibility index (Phi) is 6.40. The molecule has 1 heterocycles. The summed E-state index contributed by atoms with van der Waals surface area (Å²) in [6, 6.07) is 14.9. The van der Waals surface area contributed by atoms with E-state index in [9.17, 15) is 9.59 Å². The lowest BCUT2D eigenvalue weighted by Crippen LogP contribution is -2.41. The number of rotatable bonds is 6. The zero-order valence-corrected chi connectivity index (χ0v) is 19.1. The standard InChI is InChI=1S/C26H28N2O5/c1-4-33-26(30)24-22(16-13-14-20(31-2)21(15-16)32-3)23-18(11-8-12-19(23)29)28(25(24)27)17-9-6-5-7-10-17/h5-7,9-10,13-15,22H,4,8,11-12,27H2,1-3H3. The molecule has 1 atom stereocenters. The van der Waals surface area contributed by atoms with Gasteiger partial charge in [-0.2, -0.15) is 0 Å².